The molecule has 1 aromatic rings. The molecule has 1 saturated heterocycles. The average molecular weight is 255 g/mol. The smallest absolute Gasteiger partial charge is 0.163 e. The van der Waals surface area contributed by atoms with Crippen LogP contribution in [0.2, 0.25) is 0 Å². The molecule has 0 bridgehead atoms. The molecule has 1 N–H and O–H groups in total. The van der Waals surface area contributed by atoms with Crippen molar-refractivity contribution in [2.24, 2.45) is 0 Å². The second-order valence-corrected chi connectivity index (χ2v) is 5.39. The van der Waals surface area contributed by atoms with E-state index in [1.54, 1.807) is 6.07 Å². The molecule has 0 amide bonds. The van der Waals surface area contributed by atoms with Crippen molar-refractivity contribution in [3.63, 3.8) is 0 Å². The van der Waals surface area contributed by atoms with Crippen LogP contribution in [0.3, 0.4) is 0 Å². The van der Waals surface area contributed by atoms with E-state index in [0.29, 0.717) is 18.7 Å². The second-order valence-electron chi connectivity index (χ2n) is 5.39. The summed E-state index contributed by atoms with van der Waals surface area (Å²) in [6.45, 7) is 5.15. The van der Waals surface area contributed by atoms with Crippen molar-refractivity contribution in [1.82, 2.24) is 5.32 Å². The predicted molar refractivity (Wildman–Crippen MR) is 66.3 cm³/mol. The normalized spacial score (nSPS) is 23.0. The molecule has 1 aliphatic rings. The van der Waals surface area contributed by atoms with Crippen LogP contribution in [0.5, 0.6) is 0 Å². The fourth-order valence-corrected chi connectivity index (χ4v) is 2.35. The zero-order chi connectivity index (χ0) is 13.2. The average Bonchev–Trinajstić information content (AvgIpc) is 2.30. The molecule has 100 valence electrons. The van der Waals surface area contributed by atoms with Gasteiger partial charge in [-0.3, -0.25) is 0 Å². The third kappa shape index (κ3) is 3.27. The molecule has 0 spiro atoms. The molecule has 0 saturated carbocycles. The number of benzene rings is 1. The molecule has 1 aromatic carbocycles. The molecule has 18 heavy (non-hydrogen) atoms. The lowest BCUT2D eigenvalue weighted by Crippen LogP contribution is -2.43. The SMILES string of the molecule is CC1(C)CC(NCc2cccc(F)c2F)CCO1. The van der Waals surface area contributed by atoms with Gasteiger partial charge >= 0.3 is 0 Å². The lowest BCUT2D eigenvalue weighted by atomic mass is 9.94. The highest BCUT2D eigenvalue weighted by Gasteiger charge is 2.28. The minimum Gasteiger partial charge on any atom is -0.375 e. The van der Waals surface area contributed by atoms with E-state index in [4.69, 9.17) is 4.74 Å². The van der Waals surface area contributed by atoms with E-state index >= 15 is 0 Å². The summed E-state index contributed by atoms with van der Waals surface area (Å²) in [4.78, 5) is 0. The Bertz CT molecular complexity index is 420. The Kier molecular flexibility index (Phi) is 3.97. The maximum absolute atomic E-state index is 13.5. The van der Waals surface area contributed by atoms with Gasteiger partial charge in [-0.25, -0.2) is 8.78 Å². The Balaban J connectivity index is 1.93. The predicted octanol–water partition coefficient (Wildman–Crippen LogP) is 3.01. The minimum absolute atomic E-state index is 0.142. The van der Waals surface area contributed by atoms with E-state index in [0.717, 1.165) is 18.9 Å². The lowest BCUT2D eigenvalue weighted by Gasteiger charge is -2.36. The summed E-state index contributed by atoms with van der Waals surface area (Å²) in [6, 6.07) is 4.56. The molecule has 1 atom stereocenters. The number of hydrogen-bond donors (Lipinski definition) is 1. The van der Waals surface area contributed by atoms with Crippen LogP contribution in [0.4, 0.5) is 8.78 Å². The van der Waals surface area contributed by atoms with Crippen molar-refractivity contribution >= 4 is 0 Å². The van der Waals surface area contributed by atoms with E-state index in [-0.39, 0.29) is 11.6 Å². The highest BCUT2D eigenvalue weighted by molar-refractivity contribution is 5.18. The molecule has 0 aliphatic carbocycles. The minimum atomic E-state index is -0.790. The van der Waals surface area contributed by atoms with E-state index in [9.17, 15) is 8.78 Å². The molecule has 0 aromatic heterocycles. The van der Waals surface area contributed by atoms with E-state index in [1.165, 1.54) is 6.07 Å². The highest BCUT2D eigenvalue weighted by Crippen LogP contribution is 2.24. The Morgan fingerprint density at radius 1 is 1.39 bits per heavy atom. The van der Waals surface area contributed by atoms with E-state index in [2.05, 4.69) is 5.32 Å². The fourth-order valence-electron chi connectivity index (χ4n) is 2.35. The van der Waals surface area contributed by atoms with Gasteiger partial charge in [0.15, 0.2) is 11.6 Å². The van der Waals surface area contributed by atoms with Gasteiger partial charge in [0.1, 0.15) is 0 Å². The van der Waals surface area contributed by atoms with Crippen LogP contribution in [0.15, 0.2) is 18.2 Å². The molecule has 1 fully saturated rings. The quantitative estimate of drug-likeness (QED) is 0.896. The summed E-state index contributed by atoms with van der Waals surface area (Å²) in [5, 5.41) is 3.27. The van der Waals surface area contributed by atoms with Gasteiger partial charge in [0.25, 0.3) is 0 Å². The number of ether oxygens (including phenoxy) is 1. The van der Waals surface area contributed by atoms with Crippen molar-refractivity contribution in [3.8, 4) is 0 Å². The maximum atomic E-state index is 13.5. The van der Waals surface area contributed by atoms with Crippen molar-refractivity contribution in [2.75, 3.05) is 6.61 Å². The lowest BCUT2D eigenvalue weighted by molar-refractivity contribution is -0.0630. The molecular weight excluding hydrogens is 236 g/mol. The second kappa shape index (κ2) is 5.33. The number of hydrogen-bond acceptors (Lipinski definition) is 2. The highest BCUT2D eigenvalue weighted by atomic mass is 19.2. The first-order chi connectivity index (χ1) is 8.48. The third-order valence-corrected chi connectivity index (χ3v) is 3.31. The van der Waals surface area contributed by atoms with Crippen molar-refractivity contribution in [2.45, 2.75) is 44.9 Å². The summed E-state index contributed by atoms with van der Waals surface area (Å²) in [5.74, 6) is -1.54. The summed E-state index contributed by atoms with van der Waals surface area (Å²) < 4.78 is 32.1. The maximum Gasteiger partial charge on any atom is 0.163 e. The molecule has 4 heteroatoms. The van der Waals surface area contributed by atoms with Gasteiger partial charge in [0.2, 0.25) is 0 Å². The standard InChI is InChI=1S/C14H19F2NO/c1-14(2)8-11(6-7-18-14)17-9-10-4-3-5-12(15)13(10)16/h3-5,11,17H,6-9H2,1-2H3. The van der Waals surface area contributed by atoms with Gasteiger partial charge in [-0.1, -0.05) is 12.1 Å². The van der Waals surface area contributed by atoms with Crippen LogP contribution < -0.4 is 5.32 Å². The van der Waals surface area contributed by atoms with Crippen LogP contribution in [0, 0.1) is 11.6 Å². The number of nitrogens with one attached hydrogen (secondary N) is 1. The summed E-state index contributed by atoms with van der Waals surface area (Å²) in [7, 11) is 0. The Labute approximate surface area is 106 Å². The van der Waals surface area contributed by atoms with Crippen LogP contribution in [0.1, 0.15) is 32.3 Å². The fraction of sp³-hybridized carbons (Fsp3) is 0.571. The Hall–Kier alpha value is -1.00. The van der Waals surface area contributed by atoms with Crippen LogP contribution in [0.25, 0.3) is 0 Å². The summed E-state index contributed by atoms with van der Waals surface area (Å²) in [5.41, 5.74) is 0.232. The molecule has 1 unspecified atom stereocenters. The zero-order valence-electron chi connectivity index (χ0n) is 10.8. The van der Waals surface area contributed by atoms with E-state index < -0.39 is 11.6 Å². The van der Waals surface area contributed by atoms with Gasteiger partial charge in [-0.05, 0) is 32.8 Å². The first kappa shape index (κ1) is 13.4. The first-order valence-electron chi connectivity index (χ1n) is 6.28. The number of rotatable bonds is 3. The van der Waals surface area contributed by atoms with Crippen LogP contribution in [-0.4, -0.2) is 18.2 Å². The largest absolute Gasteiger partial charge is 0.375 e. The van der Waals surface area contributed by atoms with Crippen LogP contribution >= 0.6 is 0 Å². The molecular formula is C14H19F2NO. The first-order valence-corrected chi connectivity index (χ1v) is 6.28. The Morgan fingerprint density at radius 3 is 2.89 bits per heavy atom. The van der Waals surface area contributed by atoms with Crippen molar-refractivity contribution in [3.05, 3.63) is 35.4 Å². The summed E-state index contributed by atoms with van der Waals surface area (Å²) in [6.07, 6.45) is 1.78. The zero-order valence-corrected chi connectivity index (χ0v) is 10.8. The van der Waals surface area contributed by atoms with Crippen molar-refractivity contribution < 1.29 is 13.5 Å². The van der Waals surface area contributed by atoms with Gasteiger partial charge in [-0.15, -0.1) is 0 Å². The molecule has 1 heterocycles. The molecule has 1 aliphatic heterocycles. The van der Waals surface area contributed by atoms with Crippen molar-refractivity contribution in [1.29, 1.82) is 0 Å². The van der Waals surface area contributed by atoms with Gasteiger partial charge in [0, 0.05) is 24.8 Å². The van der Waals surface area contributed by atoms with E-state index in [1.807, 2.05) is 13.8 Å². The van der Waals surface area contributed by atoms with Crippen LogP contribution in [-0.2, 0) is 11.3 Å². The van der Waals surface area contributed by atoms with Gasteiger partial charge in [-0.2, -0.15) is 0 Å². The third-order valence-electron chi connectivity index (χ3n) is 3.31. The molecule has 2 nitrogen and oxygen atoms in total. The monoisotopic (exact) mass is 255 g/mol. The van der Waals surface area contributed by atoms with Gasteiger partial charge in [0.05, 0.1) is 5.60 Å². The molecule has 2 rings (SSSR count). The van der Waals surface area contributed by atoms with Gasteiger partial charge < -0.3 is 10.1 Å². The molecule has 0 radical (unpaired) electrons. The number of halogens is 2. The Morgan fingerprint density at radius 2 is 2.17 bits per heavy atom. The summed E-state index contributed by atoms with van der Waals surface area (Å²) >= 11 is 0. The topological polar surface area (TPSA) is 21.3 Å².